The Labute approximate surface area is 123 Å². The zero-order valence-corrected chi connectivity index (χ0v) is 12.2. The minimum Gasteiger partial charge on any atom is -0.287 e. The molecule has 0 unspecified atom stereocenters. The number of fused-ring (bicyclic) bond motifs is 1. The molecule has 0 aliphatic rings. The van der Waals surface area contributed by atoms with Crippen molar-refractivity contribution in [2.45, 2.75) is 26.8 Å². The maximum absolute atomic E-state index is 12.5. The normalized spacial score (nSPS) is 11.0. The van der Waals surface area contributed by atoms with E-state index in [1.165, 1.54) is 0 Å². The molecule has 0 aliphatic carbocycles. The van der Waals surface area contributed by atoms with Crippen molar-refractivity contribution < 1.29 is 4.79 Å². The molecule has 2 heterocycles. The number of aryl methyl sites for hydroxylation is 2. The van der Waals surface area contributed by atoms with Crippen LogP contribution in [0.4, 0.5) is 0 Å². The Morgan fingerprint density at radius 2 is 2.10 bits per heavy atom. The van der Waals surface area contributed by atoms with E-state index in [2.05, 4.69) is 17.0 Å². The summed E-state index contributed by atoms with van der Waals surface area (Å²) in [6, 6.07) is 9.71. The average molecular weight is 279 g/mol. The van der Waals surface area contributed by atoms with Crippen LogP contribution >= 0.6 is 0 Å². The molecule has 106 valence electrons. The quantitative estimate of drug-likeness (QED) is 0.688. The molecule has 0 spiro atoms. The van der Waals surface area contributed by atoms with Crippen molar-refractivity contribution in [3.05, 3.63) is 59.5 Å². The van der Waals surface area contributed by atoms with Gasteiger partial charge in [0, 0.05) is 18.1 Å². The second kappa shape index (κ2) is 5.48. The number of hydrogen-bond acceptors (Lipinski definition) is 3. The van der Waals surface area contributed by atoms with Crippen LogP contribution in [0.1, 0.15) is 35.0 Å². The summed E-state index contributed by atoms with van der Waals surface area (Å²) < 4.78 is 1.79. The second-order valence-corrected chi connectivity index (χ2v) is 5.16. The van der Waals surface area contributed by atoms with Gasteiger partial charge in [-0.05, 0) is 31.0 Å². The van der Waals surface area contributed by atoms with Crippen molar-refractivity contribution in [3.8, 4) is 0 Å². The molecule has 0 amide bonds. The van der Waals surface area contributed by atoms with E-state index in [1.807, 2.05) is 37.3 Å². The molecular formula is C17H17N3O. The van der Waals surface area contributed by atoms with Gasteiger partial charge in [-0.3, -0.25) is 9.48 Å². The highest BCUT2D eigenvalue weighted by Crippen LogP contribution is 2.19. The van der Waals surface area contributed by atoms with Crippen molar-refractivity contribution in [2.24, 2.45) is 0 Å². The number of para-hydroxylation sites is 1. The maximum atomic E-state index is 12.5. The fraction of sp³-hybridized carbons (Fsp3) is 0.235. The molecule has 3 rings (SSSR count). The maximum Gasteiger partial charge on any atom is 0.214 e. The number of hydrogen-bond donors (Lipinski definition) is 0. The third-order valence-corrected chi connectivity index (χ3v) is 3.50. The lowest BCUT2D eigenvalue weighted by atomic mass is 10.1. The molecule has 0 saturated heterocycles. The first-order valence-electron chi connectivity index (χ1n) is 7.12. The summed E-state index contributed by atoms with van der Waals surface area (Å²) in [4.78, 5) is 17.0. The predicted octanol–water partition coefficient (Wildman–Crippen LogP) is 3.38. The zero-order chi connectivity index (χ0) is 14.8. The molecule has 3 aromatic rings. The number of nitrogens with zero attached hydrogens (tertiary/aromatic N) is 3. The Bertz CT molecular complexity index is 805. The fourth-order valence-electron chi connectivity index (χ4n) is 2.45. The smallest absolute Gasteiger partial charge is 0.214 e. The average Bonchev–Trinajstić information content (AvgIpc) is 2.95. The highest BCUT2D eigenvalue weighted by atomic mass is 16.1. The van der Waals surface area contributed by atoms with Crippen LogP contribution in [0.25, 0.3) is 10.9 Å². The van der Waals surface area contributed by atoms with Gasteiger partial charge in [0.05, 0.1) is 17.3 Å². The van der Waals surface area contributed by atoms with Crippen LogP contribution in [0, 0.1) is 6.92 Å². The summed E-state index contributed by atoms with van der Waals surface area (Å²) in [7, 11) is 0. The number of carbonyl (C=O) groups is 1. The molecule has 1 aromatic carbocycles. The van der Waals surface area contributed by atoms with Gasteiger partial charge in [-0.25, -0.2) is 4.98 Å². The summed E-state index contributed by atoms with van der Waals surface area (Å²) in [5.74, 6) is -0.0776. The Hall–Kier alpha value is -2.49. The second-order valence-electron chi connectivity index (χ2n) is 5.16. The minimum absolute atomic E-state index is 0.0776. The molecule has 0 atom stereocenters. The van der Waals surface area contributed by atoms with Crippen molar-refractivity contribution in [2.75, 3.05) is 0 Å². The van der Waals surface area contributed by atoms with Crippen LogP contribution in [-0.2, 0) is 6.54 Å². The van der Waals surface area contributed by atoms with Gasteiger partial charge in [0.2, 0.25) is 5.78 Å². The molecule has 21 heavy (non-hydrogen) atoms. The van der Waals surface area contributed by atoms with Crippen LogP contribution in [0.5, 0.6) is 0 Å². The summed E-state index contributed by atoms with van der Waals surface area (Å²) >= 11 is 0. The van der Waals surface area contributed by atoms with Crippen molar-refractivity contribution in [3.63, 3.8) is 0 Å². The van der Waals surface area contributed by atoms with E-state index >= 15 is 0 Å². The third kappa shape index (κ3) is 2.57. The van der Waals surface area contributed by atoms with Crippen LogP contribution in [0.2, 0.25) is 0 Å². The zero-order valence-electron chi connectivity index (χ0n) is 12.2. The van der Waals surface area contributed by atoms with Crippen LogP contribution < -0.4 is 0 Å². The SMILES string of the molecule is CCCn1cc(C(=O)c2cc(C)c3ccccc3n2)cn1. The largest absolute Gasteiger partial charge is 0.287 e. The number of aromatic nitrogens is 3. The predicted molar refractivity (Wildman–Crippen MR) is 82.4 cm³/mol. The number of pyridine rings is 1. The third-order valence-electron chi connectivity index (χ3n) is 3.50. The van der Waals surface area contributed by atoms with Crippen LogP contribution in [0.3, 0.4) is 0 Å². The molecule has 2 aromatic heterocycles. The van der Waals surface area contributed by atoms with Gasteiger partial charge in [0.25, 0.3) is 0 Å². The van der Waals surface area contributed by atoms with Crippen LogP contribution in [0.15, 0.2) is 42.7 Å². The molecular weight excluding hydrogens is 262 g/mol. The van der Waals surface area contributed by atoms with Gasteiger partial charge in [-0.1, -0.05) is 25.1 Å². The van der Waals surface area contributed by atoms with Gasteiger partial charge in [-0.15, -0.1) is 0 Å². The molecule has 0 radical (unpaired) electrons. The lowest BCUT2D eigenvalue weighted by molar-refractivity contribution is 0.103. The molecule has 0 bridgehead atoms. The van der Waals surface area contributed by atoms with E-state index in [0.717, 1.165) is 29.4 Å². The van der Waals surface area contributed by atoms with E-state index in [0.29, 0.717) is 11.3 Å². The first kappa shape index (κ1) is 13.5. The lowest BCUT2D eigenvalue weighted by Crippen LogP contribution is -2.04. The van der Waals surface area contributed by atoms with Gasteiger partial charge in [-0.2, -0.15) is 5.10 Å². The molecule has 4 heteroatoms. The Balaban J connectivity index is 2.00. The number of rotatable bonds is 4. The minimum atomic E-state index is -0.0776. The molecule has 0 aliphatic heterocycles. The molecule has 0 N–H and O–H groups in total. The molecule has 4 nitrogen and oxygen atoms in total. The van der Waals surface area contributed by atoms with Gasteiger partial charge < -0.3 is 0 Å². The van der Waals surface area contributed by atoms with E-state index < -0.39 is 0 Å². The summed E-state index contributed by atoms with van der Waals surface area (Å²) in [5.41, 5.74) is 2.97. The fourth-order valence-corrected chi connectivity index (χ4v) is 2.45. The van der Waals surface area contributed by atoms with Gasteiger partial charge in [0.1, 0.15) is 5.69 Å². The Morgan fingerprint density at radius 1 is 1.29 bits per heavy atom. The summed E-state index contributed by atoms with van der Waals surface area (Å²) in [6.45, 7) is 4.90. The van der Waals surface area contributed by atoms with E-state index in [9.17, 15) is 4.79 Å². The summed E-state index contributed by atoms with van der Waals surface area (Å²) in [6.07, 6.45) is 4.39. The van der Waals surface area contributed by atoms with Crippen molar-refractivity contribution in [1.82, 2.24) is 14.8 Å². The first-order valence-corrected chi connectivity index (χ1v) is 7.12. The monoisotopic (exact) mass is 279 g/mol. The Kier molecular flexibility index (Phi) is 3.52. The summed E-state index contributed by atoms with van der Waals surface area (Å²) in [5, 5.41) is 5.28. The van der Waals surface area contributed by atoms with Crippen molar-refractivity contribution >= 4 is 16.7 Å². The highest BCUT2D eigenvalue weighted by molar-refractivity contribution is 6.08. The lowest BCUT2D eigenvalue weighted by Gasteiger charge is -2.04. The van der Waals surface area contributed by atoms with Gasteiger partial charge in [0.15, 0.2) is 0 Å². The van der Waals surface area contributed by atoms with E-state index in [-0.39, 0.29) is 5.78 Å². The number of benzene rings is 1. The Morgan fingerprint density at radius 3 is 2.90 bits per heavy atom. The standard InChI is InChI=1S/C17H17N3O/c1-3-8-20-11-13(10-18-20)17(21)16-9-12(2)14-6-4-5-7-15(14)19-16/h4-7,9-11H,3,8H2,1-2H3. The highest BCUT2D eigenvalue weighted by Gasteiger charge is 2.14. The molecule has 0 saturated carbocycles. The van der Waals surface area contributed by atoms with E-state index in [1.54, 1.807) is 17.1 Å². The van der Waals surface area contributed by atoms with Crippen LogP contribution in [-0.4, -0.2) is 20.5 Å². The van der Waals surface area contributed by atoms with E-state index in [4.69, 9.17) is 0 Å². The first-order chi connectivity index (χ1) is 10.2. The number of carbonyl (C=O) groups excluding carboxylic acids is 1. The van der Waals surface area contributed by atoms with Crippen molar-refractivity contribution in [1.29, 1.82) is 0 Å². The van der Waals surface area contributed by atoms with Gasteiger partial charge >= 0.3 is 0 Å². The number of ketones is 1. The topological polar surface area (TPSA) is 47.8 Å². The molecule has 0 fully saturated rings.